The van der Waals surface area contributed by atoms with Crippen LogP contribution in [0.15, 0.2) is 0 Å². The van der Waals surface area contributed by atoms with Gasteiger partial charge in [-0.2, -0.15) is 0 Å². The minimum absolute atomic E-state index is 0.0377. The average molecular weight is 875 g/mol. The summed E-state index contributed by atoms with van der Waals surface area (Å²) in [6.45, 7) is 6.76. The Morgan fingerprint density at radius 3 is 1.28 bits per heavy atom. The van der Waals surface area contributed by atoms with Crippen LogP contribution in [0.2, 0.25) is 0 Å². The summed E-state index contributed by atoms with van der Waals surface area (Å²) < 4.78 is 23.2. The number of phosphoric ester groups is 1. The van der Waals surface area contributed by atoms with Gasteiger partial charge in [0.15, 0.2) is 0 Å². The number of likely N-dealkylation sites (N-methyl/N-ethyl adjacent to an activating group) is 1. The monoisotopic (exact) mass is 875 g/mol. The normalized spacial score (nSPS) is 14.7. The third-order valence-electron chi connectivity index (χ3n) is 12.1. The van der Waals surface area contributed by atoms with Crippen LogP contribution in [0.1, 0.15) is 252 Å². The molecule has 0 saturated carbocycles. The first-order valence-corrected chi connectivity index (χ1v) is 27.3. The van der Waals surface area contributed by atoms with Gasteiger partial charge in [-0.3, -0.25) is 9.36 Å². The Kier molecular flexibility index (Phi) is 40.8. The van der Waals surface area contributed by atoms with Gasteiger partial charge in [0.05, 0.1) is 39.9 Å². The highest BCUT2D eigenvalue weighted by atomic mass is 31.2. The minimum Gasteiger partial charge on any atom is -0.756 e. The molecule has 0 radical (unpaired) electrons. The Balaban J connectivity index is 4.19. The number of rotatable bonds is 47. The van der Waals surface area contributed by atoms with E-state index in [2.05, 4.69) is 26.1 Å². The van der Waals surface area contributed by atoms with E-state index in [-0.39, 0.29) is 18.9 Å². The zero-order valence-corrected chi connectivity index (χ0v) is 41.6. The largest absolute Gasteiger partial charge is 0.756 e. The number of unbranched alkanes of at least 4 members (excludes halogenated alkanes) is 31. The first-order chi connectivity index (χ1) is 28.8. The number of amides is 1. The molecule has 9 nitrogen and oxygen atoms in total. The molecular weight excluding hydrogens is 772 g/mol. The molecule has 4 atom stereocenters. The number of nitrogens with zero attached hydrogens (tertiary/aromatic N) is 1. The second-order valence-electron chi connectivity index (χ2n) is 19.9. The molecule has 60 heavy (non-hydrogen) atoms. The molecule has 0 aromatic heterocycles. The van der Waals surface area contributed by atoms with E-state index < -0.39 is 32.7 Å². The number of nitrogens with one attached hydrogen (secondary N) is 1. The van der Waals surface area contributed by atoms with Crippen LogP contribution in [0, 0.1) is 5.92 Å². The summed E-state index contributed by atoms with van der Waals surface area (Å²) in [5.41, 5.74) is 0. The first-order valence-electron chi connectivity index (χ1n) is 25.8. The number of phosphoric acid groups is 1. The Hall–Kier alpha value is -0.540. The Morgan fingerprint density at radius 1 is 0.567 bits per heavy atom. The van der Waals surface area contributed by atoms with Crippen molar-refractivity contribution in [1.82, 2.24) is 5.32 Å². The molecule has 0 heterocycles. The van der Waals surface area contributed by atoms with Crippen molar-refractivity contribution in [3.8, 4) is 0 Å². The van der Waals surface area contributed by atoms with Gasteiger partial charge in [-0.15, -0.1) is 0 Å². The van der Waals surface area contributed by atoms with E-state index in [0.717, 1.165) is 44.4 Å². The van der Waals surface area contributed by atoms with Crippen molar-refractivity contribution in [2.24, 2.45) is 5.92 Å². The smallest absolute Gasteiger partial charge is 0.268 e. The van der Waals surface area contributed by atoms with E-state index in [4.69, 9.17) is 9.05 Å². The quantitative estimate of drug-likeness (QED) is 0.0315. The highest BCUT2D eigenvalue weighted by molar-refractivity contribution is 7.45. The third-order valence-corrected chi connectivity index (χ3v) is 13.1. The number of carbonyl (C=O) groups excluding carboxylic acids is 1. The SMILES string of the molecule is CCCCCCCCCCCCCCCCCCCCCCCCCCCC(=O)N[C@@H](COP(=O)([O-])OCC[N+](C)(C)C)[C@H](O)[C@H](O)CCCCCCCCCCC(C)C. The van der Waals surface area contributed by atoms with Gasteiger partial charge in [0.1, 0.15) is 19.3 Å². The molecular formula is C50H103N2O7P. The van der Waals surface area contributed by atoms with Gasteiger partial charge in [-0.05, 0) is 18.8 Å². The second kappa shape index (κ2) is 41.2. The van der Waals surface area contributed by atoms with Gasteiger partial charge in [0.25, 0.3) is 7.82 Å². The van der Waals surface area contributed by atoms with Crippen LogP contribution in [0.4, 0.5) is 0 Å². The summed E-state index contributed by atoms with van der Waals surface area (Å²) >= 11 is 0. The third kappa shape index (κ3) is 42.7. The Labute approximate surface area is 372 Å². The van der Waals surface area contributed by atoms with Gasteiger partial charge in [-0.25, -0.2) is 0 Å². The van der Waals surface area contributed by atoms with Gasteiger partial charge < -0.3 is 34.0 Å². The van der Waals surface area contributed by atoms with E-state index in [0.29, 0.717) is 17.4 Å². The van der Waals surface area contributed by atoms with Crippen LogP contribution in [-0.4, -0.2) is 79.8 Å². The molecule has 0 bridgehead atoms. The van der Waals surface area contributed by atoms with Crippen LogP contribution >= 0.6 is 7.82 Å². The molecule has 1 unspecified atom stereocenters. The Morgan fingerprint density at radius 2 is 0.917 bits per heavy atom. The van der Waals surface area contributed by atoms with Crippen LogP contribution < -0.4 is 10.2 Å². The highest BCUT2D eigenvalue weighted by Gasteiger charge is 2.29. The lowest BCUT2D eigenvalue weighted by Gasteiger charge is -2.31. The van der Waals surface area contributed by atoms with Crippen LogP contribution in [0.3, 0.4) is 0 Å². The Bertz CT molecular complexity index is 979. The lowest BCUT2D eigenvalue weighted by atomic mass is 9.99. The van der Waals surface area contributed by atoms with Gasteiger partial charge in [0, 0.05) is 6.42 Å². The van der Waals surface area contributed by atoms with Gasteiger partial charge in [-0.1, -0.05) is 233 Å². The zero-order valence-electron chi connectivity index (χ0n) is 40.7. The topological polar surface area (TPSA) is 128 Å². The van der Waals surface area contributed by atoms with Crippen molar-refractivity contribution in [3.63, 3.8) is 0 Å². The first kappa shape index (κ1) is 59.5. The molecule has 0 rings (SSSR count). The average Bonchev–Trinajstić information content (AvgIpc) is 3.19. The minimum atomic E-state index is -4.66. The number of carbonyl (C=O) groups is 1. The lowest BCUT2D eigenvalue weighted by Crippen LogP contribution is -2.51. The molecule has 0 saturated heterocycles. The van der Waals surface area contributed by atoms with Crippen molar-refractivity contribution in [1.29, 1.82) is 0 Å². The van der Waals surface area contributed by atoms with Crippen molar-refractivity contribution >= 4 is 13.7 Å². The molecule has 10 heteroatoms. The van der Waals surface area contributed by atoms with Crippen molar-refractivity contribution in [2.45, 2.75) is 270 Å². The van der Waals surface area contributed by atoms with E-state index in [1.807, 2.05) is 21.1 Å². The number of aliphatic hydroxyl groups excluding tert-OH is 2. The number of hydrogen-bond acceptors (Lipinski definition) is 7. The standard InChI is InChI=1S/C50H103N2O7P/c1-7-8-9-10-11-12-13-14-15-16-17-18-19-20-21-22-23-24-25-26-27-28-33-36-39-42-49(54)51-47(45-59-60(56,57)58-44-43-52(4,5)6)50(55)48(53)41-38-35-32-30-29-31-34-37-40-46(2)3/h46-48,50,53,55H,7-45H2,1-6H3,(H-,51,54,56,57)/t47-,48+,50-/m0/s1. The summed E-state index contributed by atoms with van der Waals surface area (Å²) in [7, 11) is 1.14. The molecule has 0 fully saturated rings. The predicted molar refractivity (Wildman–Crippen MR) is 253 cm³/mol. The van der Waals surface area contributed by atoms with Crippen molar-refractivity contribution in [3.05, 3.63) is 0 Å². The number of hydrogen-bond donors (Lipinski definition) is 3. The zero-order chi connectivity index (χ0) is 44.6. The maximum absolute atomic E-state index is 12.9. The molecule has 0 aromatic rings. The number of quaternary nitrogens is 1. The van der Waals surface area contributed by atoms with Crippen molar-refractivity contribution in [2.75, 3.05) is 40.9 Å². The summed E-state index contributed by atoms with van der Waals surface area (Å²) in [6, 6.07) is -1.07. The van der Waals surface area contributed by atoms with E-state index in [1.54, 1.807) is 0 Å². The molecule has 0 aliphatic rings. The molecule has 1 amide bonds. The van der Waals surface area contributed by atoms with E-state index in [1.165, 1.54) is 180 Å². The predicted octanol–water partition coefficient (Wildman–Crippen LogP) is 13.1. The maximum Gasteiger partial charge on any atom is 0.268 e. The fraction of sp³-hybridized carbons (Fsp3) is 0.980. The summed E-state index contributed by atoms with van der Waals surface area (Å²) in [5, 5.41) is 24.7. The summed E-state index contributed by atoms with van der Waals surface area (Å²) in [6.07, 6.45) is 41.7. The van der Waals surface area contributed by atoms with E-state index >= 15 is 0 Å². The number of aliphatic hydroxyl groups is 2. The second-order valence-corrected chi connectivity index (χ2v) is 21.3. The van der Waals surface area contributed by atoms with Crippen LogP contribution in [0.25, 0.3) is 0 Å². The molecule has 0 spiro atoms. The molecule has 360 valence electrons. The van der Waals surface area contributed by atoms with E-state index in [9.17, 15) is 24.5 Å². The molecule has 0 aliphatic heterocycles. The van der Waals surface area contributed by atoms with Crippen LogP contribution in [-0.2, 0) is 18.4 Å². The van der Waals surface area contributed by atoms with Gasteiger partial charge >= 0.3 is 0 Å². The summed E-state index contributed by atoms with van der Waals surface area (Å²) in [5.74, 6) is 0.494. The fourth-order valence-corrected chi connectivity index (χ4v) is 8.69. The fourth-order valence-electron chi connectivity index (χ4n) is 7.97. The maximum atomic E-state index is 12.9. The molecule has 0 aliphatic carbocycles. The van der Waals surface area contributed by atoms with Crippen LogP contribution in [0.5, 0.6) is 0 Å². The lowest BCUT2D eigenvalue weighted by molar-refractivity contribution is -0.870. The van der Waals surface area contributed by atoms with Gasteiger partial charge in [0.2, 0.25) is 5.91 Å². The summed E-state index contributed by atoms with van der Waals surface area (Å²) in [4.78, 5) is 25.4. The van der Waals surface area contributed by atoms with Crippen molar-refractivity contribution < 1.29 is 38.0 Å². The highest BCUT2D eigenvalue weighted by Crippen LogP contribution is 2.38. The molecule has 0 aromatic carbocycles. The molecule has 3 N–H and O–H groups in total.